The van der Waals surface area contributed by atoms with E-state index < -0.39 is 0 Å². The topological polar surface area (TPSA) is 51.1 Å². The third-order valence-electron chi connectivity index (χ3n) is 5.36. The van der Waals surface area contributed by atoms with Gasteiger partial charge in [0.15, 0.2) is 15.8 Å². The largest absolute Gasteiger partial charge is 0.378 e. The third-order valence-corrected chi connectivity index (χ3v) is 7.38. The summed E-state index contributed by atoms with van der Waals surface area (Å²) in [6.45, 7) is 6.71. The average Bonchev–Trinajstić information content (AvgIpc) is 2.94. The van der Waals surface area contributed by atoms with Crippen LogP contribution in [0.3, 0.4) is 0 Å². The van der Waals surface area contributed by atoms with Gasteiger partial charge in [0, 0.05) is 25.6 Å². The number of nitrogens with zero attached hydrogens (tertiary/aromatic N) is 4. The molecule has 2 unspecified atom stereocenters. The molecule has 0 aliphatic heterocycles. The Balaban J connectivity index is 1.97. The number of aromatic nitrogens is 3. The van der Waals surface area contributed by atoms with Crippen LogP contribution in [0.25, 0.3) is 10.3 Å². The first-order valence-electron chi connectivity index (χ1n) is 7.27. The molecular formula is C15H22N4OS2. The third kappa shape index (κ3) is 2.13. The summed E-state index contributed by atoms with van der Waals surface area (Å²) in [5.74, 6) is 0.971. The van der Waals surface area contributed by atoms with Crippen molar-refractivity contribution < 1.29 is 4.74 Å². The molecule has 2 atom stereocenters. The van der Waals surface area contributed by atoms with Gasteiger partial charge in [0.1, 0.15) is 11.0 Å². The number of methoxy groups -OCH3 is 1. The molecule has 3 rings (SSSR count). The lowest BCUT2D eigenvalue weighted by atomic mass is 9.55. The fraction of sp³-hybridized carbons (Fsp3) is 0.667. The highest BCUT2D eigenvalue weighted by Gasteiger charge is 2.59. The second-order valence-corrected chi connectivity index (χ2v) is 8.57. The Morgan fingerprint density at radius 3 is 2.68 bits per heavy atom. The summed E-state index contributed by atoms with van der Waals surface area (Å²) in [5, 5.41) is 0. The van der Waals surface area contributed by atoms with E-state index in [4.69, 9.17) is 4.74 Å². The summed E-state index contributed by atoms with van der Waals surface area (Å²) in [6.07, 6.45) is 4.64. The van der Waals surface area contributed by atoms with Crippen LogP contribution in [-0.4, -0.2) is 47.0 Å². The van der Waals surface area contributed by atoms with Crippen LogP contribution in [0.15, 0.2) is 10.7 Å². The van der Waals surface area contributed by atoms with Gasteiger partial charge in [-0.1, -0.05) is 25.6 Å². The summed E-state index contributed by atoms with van der Waals surface area (Å²) >= 11 is 3.31. The van der Waals surface area contributed by atoms with Crippen molar-refractivity contribution >= 4 is 39.3 Å². The van der Waals surface area contributed by atoms with Crippen LogP contribution in [0.1, 0.15) is 27.2 Å². The number of thiazole rings is 1. The normalized spacial score (nSPS) is 26.9. The van der Waals surface area contributed by atoms with Crippen LogP contribution >= 0.6 is 23.1 Å². The van der Waals surface area contributed by atoms with Gasteiger partial charge in [-0.15, -0.1) is 11.3 Å². The predicted molar refractivity (Wildman–Crippen MR) is 93.0 cm³/mol. The van der Waals surface area contributed by atoms with E-state index in [0.29, 0.717) is 6.04 Å². The molecule has 120 valence electrons. The van der Waals surface area contributed by atoms with Gasteiger partial charge in [0.05, 0.1) is 5.60 Å². The van der Waals surface area contributed by atoms with E-state index in [9.17, 15) is 0 Å². The van der Waals surface area contributed by atoms with Crippen molar-refractivity contribution in [2.75, 3.05) is 25.3 Å². The predicted octanol–water partition coefficient (Wildman–Crippen LogP) is 3.45. The molecule has 0 amide bonds. The summed E-state index contributed by atoms with van der Waals surface area (Å²) in [7, 11) is 3.91. The second-order valence-electron chi connectivity index (χ2n) is 6.52. The smallest absolute Gasteiger partial charge is 0.176 e. The van der Waals surface area contributed by atoms with Crippen molar-refractivity contribution in [2.45, 2.75) is 43.2 Å². The zero-order valence-electron chi connectivity index (χ0n) is 13.9. The minimum absolute atomic E-state index is 0.0563. The summed E-state index contributed by atoms with van der Waals surface area (Å²) in [4.78, 5) is 15.6. The van der Waals surface area contributed by atoms with Gasteiger partial charge in [0.2, 0.25) is 0 Å². The zero-order chi connectivity index (χ0) is 16.1. The molecule has 1 fully saturated rings. The Bertz CT molecular complexity index is 702. The quantitative estimate of drug-likeness (QED) is 0.796. The lowest BCUT2D eigenvalue weighted by Crippen LogP contribution is -2.68. The number of hydrogen-bond donors (Lipinski definition) is 0. The molecule has 2 heterocycles. The van der Waals surface area contributed by atoms with Crippen molar-refractivity contribution in [1.82, 2.24) is 15.0 Å². The lowest BCUT2D eigenvalue weighted by Gasteiger charge is -2.61. The molecule has 2 aromatic heterocycles. The summed E-state index contributed by atoms with van der Waals surface area (Å²) in [6, 6.07) is 0.385. The molecule has 1 aliphatic rings. The Hall–Kier alpha value is -0.920. The fourth-order valence-corrected chi connectivity index (χ4v) is 4.83. The van der Waals surface area contributed by atoms with Gasteiger partial charge in [-0.3, -0.25) is 0 Å². The highest BCUT2D eigenvalue weighted by atomic mass is 32.2. The lowest BCUT2D eigenvalue weighted by molar-refractivity contribution is -0.172. The maximum atomic E-state index is 5.74. The van der Waals surface area contributed by atoms with E-state index in [-0.39, 0.29) is 11.0 Å². The summed E-state index contributed by atoms with van der Waals surface area (Å²) in [5.41, 5.74) is 0.759. The zero-order valence-corrected chi connectivity index (χ0v) is 15.5. The Morgan fingerprint density at radius 2 is 2.09 bits per heavy atom. The molecular weight excluding hydrogens is 316 g/mol. The monoisotopic (exact) mass is 338 g/mol. The number of thioether (sulfide) groups is 1. The van der Waals surface area contributed by atoms with Crippen LogP contribution in [-0.2, 0) is 4.74 Å². The SMILES string of the molecule is COC1(C)CC(N(C)c2ncnc3nc(SC)sc23)C1(C)C. The number of anilines is 1. The Morgan fingerprint density at radius 1 is 1.36 bits per heavy atom. The minimum atomic E-state index is -0.0871. The maximum Gasteiger partial charge on any atom is 0.176 e. The molecule has 0 saturated heterocycles. The van der Waals surface area contributed by atoms with Crippen molar-refractivity contribution in [3.05, 3.63) is 6.33 Å². The average molecular weight is 339 g/mol. The van der Waals surface area contributed by atoms with Crippen LogP contribution in [0.5, 0.6) is 0 Å². The molecule has 2 aromatic rings. The Kier molecular flexibility index (Phi) is 3.86. The highest BCUT2D eigenvalue weighted by Crippen LogP contribution is 2.54. The molecule has 0 aromatic carbocycles. The minimum Gasteiger partial charge on any atom is -0.378 e. The van der Waals surface area contributed by atoms with E-state index in [0.717, 1.165) is 26.9 Å². The fourth-order valence-electron chi connectivity index (χ4n) is 3.29. The van der Waals surface area contributed by atoms with Crippen LogP contribution in [0, 0.1) is 5.41 Å². The summed E-state index contributed by atoms with van der Waals surface area (Å²) < 4.78 is 7.84. The van der Waals surface area contributed by atoms with Crippen LogP contribution in [0.2, 0.25) is 0 Å². The molecule has 0 radical (unpaired) electrons. The Labute approximate surface area is 139 Å². The molecule has 5 nitrogen and oxygen atoms in total. The number of ether oxygens (including phenoxy) is 1. The van der Waals surface area contributed by atoms with E-state index in [1.165, 1.54) is 0 Å². The van der Waals surface area contributed by atoms with E-state index >= 15 is 0 Å². The second kappa shape index (κ2) is 5.32. The first-order valence-corrected chi connectivity index (χ1v) is 9.31. The van der Waals surface area contributed by atoms with E-state index in [1.807, 2.05) is 6.26 Å². The van der Waals surface area contributed by atoms with Crippen molar-refractivity contribution in [2.24, 2.45) is 5.41 Å². The number of hydrogen-bond acceptors (Lipinski definition) is 7. The van der Waals surface area contributed by atoms with Gasteiger partial charge in [-0.25, -0.2) is 15.0 Å². The maximum absolute atomic E-state index is 5.74. The molecule has 0 spiro atoms. The molecule has 0 bridgehead atoms. The molecule has 1 saturated carbocycles. The van der Waals surface area contributed by atoms with Gasteiger partial charge in [-0.2, -0.15) is 0 Å². The van der Waals surface area contributed by atoms with Crippen molar-refractivity contribution in [3.63, 3.8) is 0 Å². The van der Waals surface area contributed by atoms with E-state index in [2.05, 4.69) is 47.7 Å². The van der Waals surface area contributed by atoms with Crippen molar-refractivity contribution in [1.29, 1.82) is 0 Å². The molecule has 22 heavy (non-hydrogen) atoms. The highest BCUT2D eigenvalue weighted by molar-refractivity contribution is 8.00. The number of rotatable bonds is 4. The molecule has 0 N–H and O–H groups in total. The first kappa shape index (κ1) is 16.0. The van der Waals surface area contributed by atoms with Gasteiger partial charge in [0.25, 0.3) is 0 Å². The van der Waals surface area contributed by atoms with Crippen molar-refractivity contribution in [3.8, 4) is 0 Å². The number of fused-ring (bicyclic) bond motifs is 1. The molecule has 7 heteroatoms. The molecule has 1 aliphatic carbocycles. The standard InChI is InChI=1S/C15H22N4OS2/c1-14(2)9(7-15(14,3)20-5)19(4)12-10-11(16-8-17-12)18-13(21-6)22-10/h8-9H,7H2,1-6H3. The van der Waals surface area contributed by atoms with Crippen LogP contribution < -0.4 is 4.90 Å². The van der Waals surface area contributed by atoms with E-state index in [1.54, 1.807) is 36.5 Å². The van der Waals surface area contributed by atoms with Gasteiger partial charge in [-0.05, 0) is 19.6 Å². The van der Waals surface area contributed by atoms with Crippen LogP contribution in [0.4, 0.5) is 5.82 Å². The first-order chi connectivity index (χ1) is 10.3. The van der Waals surface area contributed by atoms with Gasteiger partial charge < -0.3 is 9.64 Å². The van der Waals surface area contributed by atoms with Gasteiger partial charge >= 0.3 is 0 Å².